The first-order chi connectivity index (χ1) is 6.98. The summed E-state index contributed by atoms with van der Waals surface area (Å²) < 4.78 is 42.6. The number of alkyl halides is 3. The van der Waals surface area contributed by atoms with E-state index in [0.29, 0.717) is 0 Å². The predicted octanol–water partition coefficient (Wildman–Crippen LogP) is 3.30. The zero-order valence-electron chi connectivity index (χ0n) is 7.51. The van der Waals surface area contributed by atoms with Crippen molar-refractivity contribution in [2.75, 3.05) is 0 Å². The molecule has 2 rings (SSSR count). The van der Waals surface area contributed by atoms with Crippen molar-refractivity contribution < 1.29 is 17.9 Å². The van der Waals surface area contributed by atoms with Crippen LogP contribution < -0.4 is 4.74 Å². The zero-order chi connectivity index (χ0) is 11.1. The Kier molecular flexibility index (Phi) is 2.50. The van der Waals surface area contributed by atoms with Gasteiger partial charge in [-0.1, -0.05) is 11.6 Å². The predicted molar refractivity (Wildman–Crippen MR) is 47.9 cm³/mol. The van der Waals surface area contributed by atoms with Gasteiger partial charge in [-0.15, -0.1) is 0 Å². The van der Waals surface area contributed by atoms with E-state index in [1.165, 1.54) is 6.07 Å². The lowest BCUT2D eigenvalue weighted by molar-refractivity contribution is -0.142. The van der Waals surface area contributed by atoms with Crippen LogP contribution in [0.25, 0.3) is 0 Å². The molecule has 1 saturated carbocycles. The third kappa shape index (κ3) is 2.34. The molecule has 1 aromatic rings. The first-order valence-electron chi connectivity index (χ1n) is 4.37. The average molecular weight is 238 g/mol. The van der Waals surface area contributed by atoms with E-state index in [1.807, 2.05) is 0 Å². The van der Waals surface area contributed by atoms with Crippen LogP contribution in [0.4, 0.5) is 13.2 Å². The minimum absolute atomic E-state index is 0.0516. The molecule has 15 heavy (non-hydrogen) atoms. The molecule has 1 aromatic heterocycles. The number of pyridine rings is 1. The molecule has 2 nitrogen and oxygen atoms in total. The van der Waals surface area contributed by atoms with Gasteiger partial charge in [0.05, 0.1) is 11.1 Å². The first kappa shape index (κ1) is 10.5. The van der Waals surface area contributed by atoms with Gasteiger partial charge in [0.15, 0.2) is 11.4 Å². The summed E-state index contributed by atoms with van der Waals surface area (Å²) in [7, 11) is 0. The third-order valence-electron chi connectivity index (χ3n) is 1.93. The number of nitrogens with zero attached hydrogens (tertiary/aromatic N) is 1. The molecule has 0 amide bonds. The van der Waals surface area contributed by atoms with Gasteiger partial charge in [-0.2, -0.15) is 13.2 Å². The lowest BCUT2D eigenvalue weighted by Crippen LogP contribution is -2.12. The molecular formula is C9H7ClF3NO. The van der Waals surface area contributed by atoms with Crippen LogP contribution >= 0.6 is 11.6 Å². The minimum Gasteiger partial charge on any atom is -0.487 e. The Balaban J connectivity index is 2.38. The second kappa shape index (κ2) is 3.56. The molecule has 0 aliphatic heterocycles. The second-order valence-electron chi connectivity index (χ2n) is 3.29. The monoisotopic (exact) mass is 237 g/mol. The maximum absolute atomic E-state index is 12.5. The Hall–Kier alpha value is -0.970. The van der Waals surface area contributed by atoms with Gasteiger partial charge in [0, 0.05) is 6.20 Å². The zero-order valence-corrected chi connectivity index (χ0v) is 8.27. The number of hydrogen-bond donors (Lipinski definition) is 0. The topological polar surface area (TPSA) is 22.1 Å². The quantitative estimate of drug-likeness (QED) is 0.787. The van der Waals surface area contributed by atoms with Crippen molar-refractivity contribution in [3.8, 4) is 5.75 Å². The van der Waals surface area contributed by atoms with Gasteiger partial charge in [-0.05, 0) is 18.9 Å². The molecule has 82 valence electrons. The molecule has 0 bridgehead atoms. The van der Waals surface area contributed by atoms with E-state index in [1.54, 1.807) is 0 Å². The van der Waals surface area contributed by atoms with Crippen molar-refractivity contribution in [2.45, 2.75) is 25.1 Å². The highest BCUT2D eigenvalue weighted by molar-refractivity contribution is 6.32. The summed E-state index contributed by atoms with van der Waals surface area (Å²) in [5.41, 5.74) is -1.05. The molecule has 0 spiro atoms. The van der Waals surface area contributed by atoms with Crippen LogP contribution in [-0.2, 0) is 6.18 Å². The van der Waals surface area contributed by atoms with Gasteiger partial charge < -0.3 is 4.74 Å². The van der Waals surface area contributed by atoms with Crippen molar-refractivity contribution in [2.24, 2.45) is 0 Å². The van der Waals surface area contributed by atoms with Gasteiger partial charge >= 0.3 is 6.18 Å². The van der Waals surface area contributed by atoms with Crippen LogP contribution in [0.15, 0.2) is 12.3 Å². The molecule has 1 fully saturated rings. The number of ether oxygens (including phenoxy) is 1. The Labute approximate surface area is 89.0 Å². The van der Waals surface area contributed by atoms with E-state index in [0.717, 1.165) is 19.0 Å². The molecule has 0 aromatic carbocycles. The fourth-order valence-electron chi connectivity index (χ4n) is 1.09. The molecule has 1 aliphatic rings. The lowest BCUT2D eigenvalue weighted by atomic mass is 10.3. The van der Waals surface area contributed by atoms with E-state index in [9.17, 15) is 13.2 Å². The van der Waals surface area contributed by atoms with E-state index in [-0.39, 0.29) is 16.9 Å². The molecular weight excluding hydrogens is 231 g/mol. The maximum atomic E-state index is 12.5. The van der Waals surface area contributed by atoms with E-state index < -0.39 is 11.9 Å². The average Bonchev–Trinajstić information content (AvgIpc) is 2.90. The summed E-state index contributed by atoms with van der Waals surface area (Å²) in [5.74, 6) is -0.353. The Morgan fingerprint density at radius 3 is 2.60 bits per heavy atom. The fourth-order valence-corrected chi connectivity index (χ4v) is 1.28. The normalized spacial score (nSPS) is 16.5. The van der Waals surface area contributed by atoms with Gasteiger partial charge in [0.2, 0.25) is 0 Å². The third-order valence-corrected chi connectivity index (χ3v) is 2.23. The van der Waals surface area contributed by atoms with E-state index in [2.05, 4.69) is 4.98 Å². The SMILES string of the molecule is FC(F)(F)c1nccc(Cl)c1OC1CC1. The summed E-state index contributed by atoms with van der Waals surface area (Å²) in [6.07, 6.45) is -2.13. The van der Waals surface area contributed by atoms with Crippen LogP contribution in [0.5, 0.6) is 5.75 Å². The number of halogens is 4. The fraction of sp³-hybridized carbons (Fsp3) is 0.444. The highest BCUT2D eigenvalue weighted by Crippen LogP contribution is 2.41. The van der Waals surface area contributed by atoms with Crippen molar-refractivity contribution in [1.29, 1.82) is 0 Å². The number of aromatic nitrogens is 1. The summed E-state index contributed by atoms with van der Waals surface area (Å²) in [6, 6.07) is 1.29. The van der Waals surface area contributed by atoms with Crippen LogP contribution in [0.2, 0.25) is 5.02 Å². The summed E-state index contributed by atoms with van der Waals surface area (Å²) in [6.45, 7) is 0. The molecule has 0 N–H and O–H groups in total. The van der Waals surface area contributed by atoms with Crippen molar-refractivity contribution >= 4 is 11.6 Å². The highest BCUT2D eigenvalue weighted by Gasteiger charge is 2.39. The molecule has 1 aliphatic carbocycles. The molecule has 0 saturated heterocycles. The van der Waals surface area contributed by atoms with Gasteiger partial charge in [0.1, 0.15) is 0 Å². The van der Waals surface area contributed by atoms with Crippen molar-refractivity contribution in [3.63, 3.8) is 0 Å². The van der Waals surface area contributed by atoms with Gasteiger partial charge in [-0.3, -0.25) is 0 Å². The molecule has 0 unspecified atom stereocenters. The molecule has 0 atom stereocenters. The largest absolute Gasteiger partial charge is 0.487 e. The second-order valence-corrected chi connectivity index (χ2v) is 3.69. The highest BCUT2D eigenvalue weighted by atomic mass is 35.5. The first-order valence-corrected chi connectivity index (χ1v) is 4.74. The van der Waals surface area contributed by atoms with Crippen LogP contribution in [0, 0.1) is 0 Å². The minimum atomic E-state index is -4.53. The Bertz CT molecular complexity index is 376. The number of hydrogen-bond acceptors (Lipinski definition) is 2. The standard InChI is InChI=1S/C9H7ClF3NO/c10-6-3-4-14-8(9(11,12)13)7(6)15-5-1-2-5/h3-5H,1-2H2. The Morgan fingerprint density at radius 2 is 2.07 bits per heavy atom. The van der Waals surface area contributed by atoms with Gasteiger partial charge in [-0.25, -0.2) is 4.98 Å². The van der Waals surface area contributed by atoms with Crippen molar-refractivity contribution in [3.05, 3.63) is 23.0 Å². The Morgan fingerprint density at radius 1 is 1.40 bits per heavy atom. The summed E-state index contributed by atoms with van der Waals surface area (Å²) >= 11 is 5.64. The van der Waals surface area contributed by atoms with Crippen LogP contribution in [0.3, 0.4) is 0 Å². The van der Waals surface area contributed by atoms with Crippen LogP contribution in [0.1, 0.15) is 18.5 Å². The van der Waals surface area contributed by atoms with Gasteiger partial charge in [0.25, 0.3) is 0 Å². The van der Waals surface area contributed by atoms with E-state index >= 15 is 0 Å². The molecule has 1 heterocycles. The van der Waals surface area contributed by atoms with Crippen LogP contribution in [-0.4, -0.2) is 11.1 Å². The summed E-state index contributed by atoms with van der Waals surface area (Å²) in [4.78, 5) is 3.26. The van der Waals surface area contributed by atoms with E-state index in [4.69, 9.17) is 16.3 Å². The maximum Gasteiger partial charge on any atom is 0.437 e. The smallest absolute Gasteiger partial charge is 0.437 e. The lowest BCUT2D eigenvalue weighted by Gasteiger charge is -2.13. The van der Waals surface area contributed by atoms with Crippen molar-refractivity contribution in [1.82, 2.24) is 4.98 Å². The summed E-state index contributed by atoms with van der Waals surface area (Å²) in [5, 5.41) is -0.0516. The molecule has 6 heteroatoms. The molecule has 0 radical (unpaired) electrons. The number of rotatable bonds is 2.